The zero-order valence-corrected chi connectivity index (χ0v) is 13.6. The SMILES string of the molecule is Cc1cc(C(=O)O)c(-c2ccccc2)n1-c1cccc2c1OC(F)(F)O2. The van der Waals surface area contributed by atoms with Gasteiger partial charge >= 0.3 is 12.3 Å². The van der Waals surface area contributed by atoms with Crippen LogP contribution in [-0.2, 0) is 0 Å². The van der Waals surface area contributed by atoms with Gasteiger partial charge in [0.15, 0.2) is 11.5 Å². The standard InChI is InChI=1S/C19H13F2NO4/c1-11-10-13(18(23)24)16(12-6-3-2-4-7-12)22(11)14-8-5-9-15-17(14)26-19(20,21)25-15/h2-10H,1H3,(H,23,24). The van der Waals surface area contributed by atoms with E-state index in [0.717, 1.165) is 0 Å². The molecular formula is C19H13F2NO4. The van der Waals surface area contributed by atoms with Crippen molar-refractivity contribution in [2.24, 2.45) is 0 Å². The third-order valence-corrected chi connectivity index (χ3v) is 4.11. The van der Waals surface area contributed by atoms with E-state index in [1.807, 2.05) is 6.07 Å². The average molecular weight is 357 g/mol. The summed E-state index contributed by atoms with van der Waals surface area (Å²) in [5.41, 5.74) is 1.93. The molecule has 4 rings (SSSR count). The van der Waals surface area contributed by atoms with Crippen LogP contribution in [0.1, 0.15) is 16.1 Å². The van der Waals surface area contributed by atoms with E-state index in [-0.39, 0.29) is 22.7 Å². The first-order valence-electron chi connectivity index (χ1n) is 7.78. The van der Waals surface area contributed by atoms with Crippen molar-refractivity contribution in [2.75, 3.05) is 0 Å². The Bertz CT molecular complexity index is 1010. The quantitative estimate of drug-likeness (QED) is 0.751. The summed E-state index contributed by atoms with van der Waals surface area (Å²) >= 11 is 0. The zero-order valence-electron chi connectivity index (χ0n) is 13.6. The van der Waals surface area contributed by atoms with Crippen LogP contribution in [0.3, 0.4) is 0 Å². The lowest BCUT2D eigenvalue weighted by Crippen LogP contribution is -2.26. The molecule has 0 fully saturated rings. The lowest BCUT2D eigenvalue weighted by atomic mass is 10.1. The number of carboxylic acids is 1. The highest BCUT2D eigenvalue weighted by atomic mass is 19.3. The molecule has 1 N–H and O–H groups in total. The minimum atomic E-state index is -3.76. The molecule has 0 aliphatic carbocycles. The van der Waals surface area contributed by atoms with E-state index < -0.39 is 12.3 Å². The minimum Gasteiger partial charge on any atom is -0.478 e. The first-order chi connectivity index (χ1) is 12.4. The predicted molar refractivity (Wildman–Crippen MR) is 89.1 cm³/mol. The number of nitrogens with zero attached hydrogens (tertiary/aromatic N) is 1. The highest BCUT2D eigenvalue weighted by molar-refractivity contribution is 5.96. The molecule has 0 saturated carbocycles. The highest BCUT2D eigenvalue weighted by Gasteiger charge is 2.45. The van der Waals surface area contributed by atoms with Crippen molar-refractivity contribution in [2.45, 2.75) is 13.2 Å². The van der Waals surface area contributed by atoms with Crippen molar-refractivity contribution in [1.29, 1.82) is 0 Å². The molecule has 0 unspecified atom stereocenters. The van der Waals surface area contributed by atoms with E-state index >= 15 is 0 Å². The number of carbonyl (C=O) groups is 1. The number of aromatic carboxylic acids is 1. The Morgan fingerprint density at radius 1 is 1.08 bits per heavy atom. The predicted octanol–water partition coefficient (Wildman–Crippen LogP) is 4.47. The van der Waals surface area contributed by atoms with Crippen LogP contribution in [0.4, 0.5) is 8.78 Å². The summed E-state index contributed by atoms with van der Waals surface area (Å²) in [7, 11) is 0. The number of hydrogen-bond donors (Lipinski definition) is 1. The molecule has 0 amide bonds. The molecule has 0 radical (unpaired) electrons. The summed E-state index contributed by atoms with van der Waals surface area (Å²) < 4.78 is 37.9. The number of ether oxygens (including phenoxy) is 2. The van der Waals surface area contributed by atoms with Crippen LogP contribution < -0.4 is 9.47 Å². The first-order valence-corrected chi connectivity index (χ1v) is 7.78. The molecule has 132 valence electrons. The molecule has 2 aromatic carbocycles. The maximum atomic E-state index is 13.5. The highest BCUT2D eigenvalue weighted by Crippen LogP contribution is 2.46. The third-order valence-electron chi connectivity index (χ3n) is 4.11. The van der Waals surface area contributed by atoms with E-state index in [1.165, 1.54) is 12.1 Å². The maximum absolute atomic E-state index is 13.5. The van der Waals surface area contributed by atoms with Gasteiger partial charge in [-0.3, -0.25) is 0 Å². The Labute approximate surface area is 147 Å². The monoisotopic (exact) mass is 357 g/mol. The second-order valence-corrected chi connectivity index (χ2v) is 5.83. The molecule has 0 saturated heterocycles. The number of hydrogen-bond acceptors (Lipinski definition) is 3. The molecule has 0 atom stereocenters. The smallest absolute Gasteiger partial charge is 0.478 e. The fourth-order valence-electron chi connectivity index (χ4n) is 3.12. The van der Waals surface area contributed by atoms with Gasteiger partial charge in [-0.05, 0) is 30.7 Å². The van der Waals surface area contributed by atoms with Gasteiger partial charge in [-0.1, -0.05) is 36.4 Å². The number of alkyl halides is 2. The average Bonchev–Trinajstić information content (AvgIpc) is 3.10. The molecule has 1 aromatic heterocycles. The molecular weight excluding hydrogens is 344 g/mol. The summed E-state index contributed by atoms with van der Waals surface area (Å²) in [6.45, 7) is 1.70. The van der Waals surface area contributed by atoms with Crippen molar-refractivity contribution in [3.63, 3.8) is 0 Å². The Balaban J connectivity index is 2.01. The van der Waals surface area contributed by atoms with Gasteiger partial charge in [0.25, 0.3) is 0 Å². The number of aromatic nitrogens is 1. The van der Waals surface area contributed by atoms with E-state index in [4.69, 9.17) is 0 Å². The number of halogens is 2. The van der Waals surface area contributed by atoms with Crippen molar-refractivity contribution < 1.29 is 28.2 Å². The number of para-hydroxylation sites is 1. The summed E-state index contributed by atoms with van der Waals surface area (Å²) in [6.07, 6.45) is -3.76. The molecule has 1 aliphatic rings. The molecule has 0 spiro atoms. The van der Waals surface area contributed by atoms with Gasteiger partial charge in [0.05, 0.1) is 16.9 Å². The summed E-state index contributed by atoms with van der Waals surface area (Å²) in [4.78, 5) is 11.7. The van der Waals surface area contributed by atoms with Crippen LogP contribution in [0.15, 0.2) is 54.6 Å². The number of rotatable bonds is 3. The van der Waals surface area contributed by atoms with Crippen molar-refractivity contribution in [1.82, 2.24) is 4.57 Å². The van der Waals surface area contributed by atoms with Crippen molar-refractivity contribution in [3.05, 3.63) is 65.9 Å². The second kappa shape index (κ2) is 5.59. The molecule has 3 aromatic rings. The van der Waals surface area contributed by atoms with Gasteiger partial charge < -0.3 is 19.1 Å². The largest absolute Gasteiger partial charge is 0.586 e. The Morgan fingerprint density at radius 3 is 2.50 bits per heavy atom. The molecule has 5 nitrogen and oxygen atoms in total. The third kappa shape index (κ3) is 2.48. The van der Waals surface area contributed by atoms with Crippen LogP contribution in [-0.4, -0.2) is 21.9 Å². The Morgan fingerprint density at radius 2 is 1.81 bits per heavy atom. The lowest BCUT2D eigenvalue weighted by Gasteiger charge is -2.15. The number of carboxylic acid groups (broad SMARTS) is 1. The van der Waals surface area contributed by atoms with Gasteiger partial charge in [0, 0.05) is 5.69 Å². The van der Waals surface area contributed by atoms with Gasteiger partial charge in [-0.2, -0.15) is 0 Å². The van der Waals surface area contributed by atoms with E-state index in [1.54, 1.807) is 47.9 Å². The maximum Gasteiger partial charge on any atom is 0.586 e. The summed E-state index contributed by atoms with van der Waals surface area (Å²) in [5.74, 6) is -1.34. The molecule has 2 heterocycles. The first kappa shape index (κ1) is 16.1. The van der Waals surface area contributed by atoms with Gasteiger partial charge in [0.2, 0.25) is 0 Å². The van der Waals surface area contributed by atoms with Crippen molar-refractivity contribution >= 4 is 5.97 Å². The fraction of sp³-hybridized carbons (Fsp3) is 0.105. The number of benzene rings is 2. The van der Waals surface area contributed by atoms with Crippen LogP contribution in [0.5, 0.6) is 11.5 Å². The van der Waals surface area contributed by atoms with Crippen LogP contribution in [0, 0.1) is 6.92 Å². The molecule has 0 bridgehead atoms. The zero-order chi connectivity index (χ0) is 18.5. The number of fused-ring (bicyclic) bond motifs is 1. The van der Waals surface area contributed by atoms with E-state index in [9.17, 15) is 18.7 Å². The van der Waals surface area contributed by atoms with Crippen LogP contribution in [0.2, 0.25) is 0 Å². The second-order valence-electron chi connectivity index (χ2n) is 5.83. The van der Waals surface area contributed by atoms with Gasteiger partial charge in [-0.25, -0.2) is 4.79 Å². The van der Waals surface area contributed by atoms with E-state index in [0.29, 0.717) is 17.0 Å². The summed E-state index contributed by atoms with van der Waals surface area (Å²) in [5, 5.41) is 9.60. The number of aryl methyl sites for hydroxylation is 1. The normalized spacial score (nSPS) is 14.4. The molecule has 7 heteroatoms. The van der Waals surface area contributed by atoms with Gasteiger partial charge in [0.1, 0.15) is 0 Å². The molecule has 1 aliphatic heterocycles. The molecule has 26 heavy (non-hydrogen) atoms. The topological polar surface area (TPSA) is 60.7 Å². The minimum absolute atomic E-state index is 0.0666. The van der Waals surface area contributed by atoms with Crippen LogP contribution >= 0.6 is 0 Å². The Kier molecular flexibility index (Phi) is 3.47. The van der Waals surface area contributed by atoms with Gasteiger partial charge in [-0.15, -0.1) is 8.78 Å². The fourth-order valence-corrected chi connectivity index (χ4v) is 3.12. The lowest BCUT2D eigenvalue weighted by molar-refractivity contribution is -0.286. The van der Waals surface area contributed by atoms with Crippen LogP contribution in [0.25, 0.3) is 16.9 Å². The van der Waals surface area contributed by atoms with Crippen molar-refractivity contribution in [3.8, 4) is 28.4 Å². The van der Waals surface area contributed by atoms with E-state index in [2.05, 4.69) is 9.47 Å². The summed E-state index contributed by atoms with van der Waals surface area (Å²) in [6, 6.07) is 14.9. The Hall–Kier alpha value is -3.35.